The molecule has 2 rings (SSSR count). The van der Waals surface area contributed by atoms with Gasteiger partial charge < -0.3 is 5.32 Å². The van der Waals surface area contributed by atoms with E-state index in [1.54, 1.807) is 0 Å². The zero-order valence-corrected chi connectivity index (χ0v) is 13.1. The Morgan fingerprint density at radius 2 is 1.68 bits per heavy atom. The van der Waals surface area contributed by atoms with Gasteiger partial charge in [-0.05, 0) is 49.5 Å². The second-order valence-electron chi connectivity index (χ2n) is 4.79. The molecular formula is C16H19BrN2. The van der Waals surface area contributed by atoms with Gasteiger partial charge in [-0.2, -0.15) is 0 Å². The molecular weight excluding hydrogens is 300 g/mol. The van der Waals surface area contributed by atoms with Crippen LogP contribution in [0.1, 0.15) is 17.2 Å². The minimum atomic E-state index is 0.267. The van der Waals surface area contributed by atoms with Crippen molar-refractivity contribution in [3.63, 3.8) is 0 Å². The molecule has 0 fully saturated rings. The van der Waals surface area contributed by atoms with Gasteiger partial charge in [0.15, 0.2) is 0 Å². The summed E-state index contributed by atoms with van der Waals surface area (Å²) < 4.78 is 1.11. The molecule has 0 aliphatic heterocycles. The Morgan fingerprint density at radius 1 is 1.00 bits per heavy atom. The van der Waals surface area contributed by atoms with E-state index >= 15 is 0 Å². The lowest BCUT2D eigenvalue weighted by Crippen LogP contribution is -2.21. The Labute approximate surface area is 123 Å². The average Bonchev–Trinajstić information content (AvgIpc) is 2.39. The molecule has 0 aromatic heterocycles. The van der Waals surface area contributed by atoms with Crippen LogP contribution in [-0.2, 0) is 0 Å². The second-order valence-corrected chi connectivity index (χ2v) is 5.71. The van der Waals surface area contributed by atoms with Crippen molar-refractivity contribution in [3.8, 4) is 0 Å². The highest BCUT2D eigenvalue weighted by atomic mass is 79.9. The van der Waals surface area contributed by atoms with Crippen molar-refractivity contribution < 1.29 is 0 Å². The molecule has 0 aliphatic carbocycles. The minimum absolute atomic E-state index is 0.267. The van der Waals surface area contributed by atoms with Gasteiger partial charge in [-0.25, -0.2) is 0 Å². The highest BCUT2D eigenvalue weighted by molar-refractivity contribution is 9.10. The summed E-state index contributed by atoms with van der Waals surface area (Å²) in [6, 6.07) is 17.3. The van der Waals surface area contributed by atoms with Gasteiger partial charge in [-0.1, -0.05) is 40.2 Å². The van der Waals surface area contributed by atoms with Crippen LogP contribution in [0.3, 0.4) is 0 Å². The first kappa shape index (κ1) is 14.1. The molecule has 1 atom stereocenters. The summed E-state index contributed by atoms with van der Waals surface area (Å²) in [4.78, 5) is 2.23. The summed E-state index contributed by atoms with van der Waals surface area (Å²) in [5.41, 5.74) is 3.72. The van der Waals surface area contributed by atoms with E-state index in [1.807, 2.05) is 7.05 Å². The van der Waals surface area contributed by atoms with Crippen molar-refractivity contribution in [2.45, 2.75) is 6.04 Å². The number of benzene rings is 2. The molecule has 2 aromatic rings. The fourth-order valence-corrected chi connectivity index (χ4v) is 2.71. The first-order chi connectivity index (χ1) is 9.11. The van der Waals surface area contributed by atoms with Gasteiger partial charge in [0.05, 0.1) is 6.04 Å². The maximum absolute atomic E-state index is 3.55. The Kier molecular flexibility index (Phi) is 4.61. The van der Waals surface area contributed by atoms with Crippen LogP contribution in [0.15, 0.2) is 53.0 Å². The second kappa shape index (κ2) is 6.22. The van der Waals surface area contributed by atoms with Crippen molar-refractivity contribution in [1.82, 2.24) is 4.90 Å². The van der Waals surface area contributed by atoms with Crippen LogP contribution in [0.5, 0.6) is 0 Å². The summed E-state index contributed by atoms with van der Waals surface area (Å²) >= 11 is 3.55. The molecule has 0 saturated carbocycles. The molecule has 0 saturated heterocycles. The zero-order valence-electron chi connectivity index (χ0n) is 11.5. The van der Waals surface area contributed by atoms with E-state index in [2.05, 4.69) is 88.8 Å². The minimum Gasteiger partial charge on any atom is -0.388 e. The van der Waals surface area contributed by atoms with Crippen molar-refractivity contribution in [3.05, 3.63) is 64.1 Å². The third kappa shape index (κ3) is 3.37. The summed E-state index contributed by atoms with van der Waals surface area (Å²) in [6.07, 6.45) is 0. The molecule has 0 spiro atoms. The molecule has 0 aliphatic rings. The van der Waals surface area contributed by atoms with Crippen molar-refractivity contribution in [1.29, 1.82) is 0 Å². The quantitative estimate of drug-likeness (QED) is 0.911. The first-order valence-electron chi connectivity index (χ1n) is 6.31. The lowest BCUT2D eigenvalue weighted by atomic mass is 9.97. The number of nitrogens with one attached hydrogen (secondary N) is 1. The predicted molar refractivity (Wildman–Crippen MR) is 85.7 cm³/mol. The Hall–Kier alpha value is -1.32. The number of nitrogens with zero attached hydrogens (tertiary/aromatic N) is 1. The summed E-state index contributed by atoms with van der Waals surface area (Å²) in [5, 5.41) is 3.15. The molecule has 2 nitrogen and oxygen atoms in total. The van der Waals surface area contributed by atoms with Gasteiger partial charge in [-0.3, -0.25) is 4.90 Å². The van der Waals surface area contributed by atoms with Gasteiger partial charge in [0.25, 0.3) is 0 Å². The number of halogens is 1. The van der Waals surface area contributed by atoms with Gasteiger partial charge in [0, 0.05) is 17.2 Å². The Balaban J connectivity index is 2.39. The molecule has 0 amide bonds. The number of hydrogen-bond acceptors (Lipinski definition) is 2. The third-order valence-corrected chi connectivity index (χ3v) is 3.69. The molecule has 19 heavy (non-hydrogen) atoms. The highest BCUT2D eigenvalue weighted by Gasteiger charge is 2.16. The van der Waals surface area contributed by atoms with Crippen LogP contribution in [-0.4, -0.2) is 26.0 Å². The topological polar surface area (TPSA) is 15.3 Å². The normalized spacial score (nSPS) is 12.5. The van der Waals surface area contributed by atoms with Crippen molar-refractivity contribution >= 4 is 21.6 Å². The highest BCUT2D eigenvalue weighted by Crippen LogP contribution is 2.29. The fraction of sp³-hybridized carbons (Fsp3) is 0.250. The van der Waals surface area contributed by atoms with Crippen LogP contribution in [0.4, 0.5) is 5.69 Å². The number of anilines is 1. The van der Waals surface area contributed by atoms with Crippen LogP contribution in [0.25, 0.3) is 0 Å². The molecule has 2 aromatic carbocycles. The van der Waals surface area contributed by atoms with Crippen molar-refractivity contribution in [2.24, 2.45) is 0 Å². The van der Waals surface area contributed by atoms with Crippen LogP contribution in [0.2, 0.25) is 0 Å². The SMILES string of the molecule is CNc1ccc(C(c2cccc(Br)c2)N(C)C)cc1. The van der Waals surface area contributed by atoms with Crippen LogP contribution in [0, 0.1) is 0 Å². The van der Waals surface area contributed by atoms with E-state index in [0.717, 1.165) is 10.2 Å². The fourth-order valence-electron chi connectivity index (χ4n) is 2.30. The van der Waals surface area contributed by atoms with E-state index in [9.17, 15) is 0 Å². The largest absolute Gasteiger partial charge is 0.388 e. The van der Waals surface area contributed by atoms with Crippen LogP contribution >= 0.6 is 15.9 Å². The lowest BCUT2D eigenvalue weighted by molar-refractivity contribution is 0.342. The van der Waals surface area contributed by atoms with E-state index in [-0.39, 0.29) is 6.04 Å². The van der Waals surface area contributed by atoms with E-state index in [0.29, 0.717) is 0 Å². The smallest absolute Gasteiger partial charge is 0.0597 e. The average molecular weight is 319 g/mol. The number of hydrogen-bond donors (Lipinski definition) is 1. The monoisotopic (exact) mass is 318 g/mol. The van der Waals surface area contributed by atoms with Gasteiger partial charge in [-0.15, -0.1) is 0 Å². The lowest BCUT2D eigenvalue weighted by Gasteiger charge is -2.25. The third-order valence-electron chi connectivity index (χ3n) is 3.20. The number of rotatable bonds is 4. The van der Waals surface area contributed by atoms with E-state index < -0.39 is 0 Å². The standard InChI is InChI=1S/C16H19BrN2/c1-18-15-9-7-12(8-10-15)16(19(2)3)13-5-4-6-14(17)11-13/h4-11,16,18H,1-3H3. The summed E-state index contributed by atoms with van der Waals surface area (Å²) in [7, 11) is 6.15. The van der Waals surface area contributed by atoms with Crippen LogP contribution < -0.4 is 5.32 Å². The van der Waals surface area contributed by atoms with E-state index in [4.69, 9.17) is 0 Å². The van der Waals surface area contributed by atoms with E-state index in [1.165, 1.54) is 11.1 Å². The first-order valence-corrected chi connectivity index (χ1v) is 7.10. The summed E-state index contributed by atoms with van der Waals surface area (Å²) in [5.74, 6) is 0. The zero-order chi connectivity index (χ0) is 13.8. The molecule has 1 unspecified atom stereocenters. The molecule has 1 N–H and O–H groups in total. The maximum atomic E-state index is 3.55. The molecule has 3 heteroatoms. The van der Waals surface area contributed by atoms with Gasteiger partial charge in [0.1, 0.15) is 0 Å². The van der Waals surface area contributed by atoms with Gasteiger partial charge in [0.2, 0.25) is 0 Å². The molecule has 0 bridgehead atoms. The van der Waals surface area contributed by atoms with Crippen molar-refractivity contribution in [2.75, 3.05) is 26.5 Å². The molecule has 0 radical (unpaired) electrons. The molecule has 0 heterocycles. The molecule has 100 valence electrons. The summed E-state index contributed by atoms with van der Waals surface area (Å²) in [6.45, 7) is 0. The Bertz CT molecular complexity index is 535. The Morgan fingerprint density at radius 3 is 2.21 bits per heavy atom. The maximum Gasteiger partial charge on any atom is 0.0597 e. The van der Waals surface area contributed by atoms with Gasteiger partial charge >= 0.3 is 0 Å². The predicted octanol–water partition coefficient (Wildman–Crippen LogP) is 4.14.